The molecule has 0 aromatic heterocycles. The minimum absolute atomic E-state index is 0.0390. The zero-order chi connectivity index (χ0) is 18.7. The molecule has 1 N–H and O–H groups in total. The average Bonchev–Trinajstić information content (AvgIpc) is 2.60. The number of esters is 2. The number of rotatable bonds is 11. The van der Waals surface area contributed by atoms with Crippen LogP contribution in [0, 0.1) is 0 Å². The Morgan fingerprint density at radius 3 is 2.44 bits per heavy atom. The second-order valence-electron chi connectivity index (χ2n) is 5.33. The lowest BCUT2D eigenvalue weighted by molar-refractivity contribution is -0.143. The van der Waals surface area contributed by atoms with Gasteiger partial charge in [0.25, 0.3) is 0 Å². The van der Waals surface area contributed by atoms with Gasteiger partial charge in [0.1, 0.15) is 11.3 Å². The first-order chi connectivity index (χ1) is 12.0. The first-order valence-electron chi connectivity index (χ1n) is 8.23. The van der Waals surface area contributed by atoms with Gasteiger partial charge < -0.3 is 19.3 Å². The van der Waals surface area contributed by atoms with Crippen molar-refractivity contribution in [2.24, 2.45) is 0 Å². The van der Waals surface area contributed by atoms with E-state index in [1.54, 1.807) is 6.92 Å². The van der Waals surface area contributed by atoms with Gasteiger partial charge in [0.05, 0.1) is 25.9 Å². The van der Waals surface area contributed by atoms with Crippen LogP contribution in [-0.4, -0.2) is 43.3 Å². The van der Waals surface area contributed by atoms with Gasteiger partial charge in [0.15, 0.2) is 0 Å². The molecule has 7 nitrogen and oxygen atoms in total. The molecule has 0 aliphatic heterocycles. The first-order valence-corrected chi connectivity index (χ1v) is 8.23. The Labute approximate surface area is 146 Å². The number of methoxy groups -OCH3 is 1. The molecule has 1 aromatic rings. The summed E-state index contributed by atoms with van der Waals surface area (Å²) in [7, 11) is 1.25. The standard InChI is InChI=1S/C18H24O7/c1-3-24-16(19)8-6-4-5-7-11-25-15-12-13(17(20)21)9-10-14(15)18(22)23-2/h9-10,12H,3-8,11H2,1-2H3,(H,20,21). The van der Waals surface area contributed by atoms with Crippen molar-refractivity contribution in [1.29, 1.82) is 0 Å². The highest BCUT2D eigenvalue weighted by Gasteiger charge is 2.16. The summed E-state index contributed by atoms with van der Waals surface area (Å²) in [5.41, 5.74) is 0.229. The fourth-order valence-electron chi connectivity index (χ4n) is 2.19. The second-order valence-corrected chi connectivity index (χ2v) is 5.33. The van der Waals surface area contributed by atoms with Crippen molar-refractivity contribution in [3.8, 4) is 5.75 Å². The Hall–Kier alpha value is -2.57. The van der Waals surface area contributed by atoms with Crippen LogP contribution in [0.5, 0.6) is 5.75 Å². The van der Waals surface area contributed by atoms with Gasteiger partial charge in [-0.3, -0.25) is 4.79 Å². The molecule has 0 aliphatic rings. The minimum atomic E-state index is -1.10. The quantitative estimate of drug-likeness (QED) is 0.482. The third-order valence-electron chi connectivity index (χ3n) is 3.47. The lowest BCUT2D eigenvalue weighted by Crippen LogP contribution is -2.08. The van der Waals surface area contributed by atoms with Gasteiger partial charge in [-0.15, -0.1) is 0 Å². The largest absolute Gasteiger partial charge is 0.493 e. The lowest BCUT2D eigenvalue weighted by Gasteiger charge is -2.11. The zero-order valence-electron chi connectivity index (χ0n) is 14.6. The van der Waals surface area contributed by atoms with Gasteiger partial charge in [-0.25, -0.2) is 9.59 Å². The fourth-order valence-corrected chi connectivity index (χ4v) is 2.19. The van der Waals surface area contributed by atoms with Gasteiger partial charge in [0, 0.05) is 6.42 Å². The maximum atomic E-state index is 11.7. The average molecular weight is 352 g/mol. The minimum Gasteiger partial charge on any atom is -0.493 e. The summed E-state index contributed by atoms with van der Waals surface area (Å²) >= 11 is 0. The van der Waals surface area contributed by atoms with E-state index < -0.39 is 11.9 Å². The fraction of sp³-hybridized carbons (Fsp3) is 0.500. The normalized spacial score (nSPS) is 10.2. The van der Waals surface area contributed by atoms with Gasteiger partial charge in [0.2, 0.25) is 0 Å². The van der Waals surface area contributed by atoms with Crippen LogP contribution in [0.15, 0.2) is 18.2 Å². The molecule has 0 bridgehead atoms. The molecule has 0 heterocycles. The highest BCUT2D eigenvalue weighted by Crippen LogP contribution is 2.22. The van der Waals surface area contributed by atoms with E-state index in [1.807, 2.05) is 0 Å². The van der Waals surface area contributed by atoms with Crippen molar-refractivity contribution in [2.45, 2.75) is 39.0 Å². The summed E-state index contributed by atoms with van der Waals surface area (Å²) in [5, 5.41) is 9.04. The van der Waals surface area contributed by atoms with E-state index in [4.69, 9.17) is 14.6 Å². The molecule has 0 spiro atoms. The Morgan fingerprint density at radius 2 is 1.80 bits per heavy atom. The predicted molar refractivity (Wildman–Crippen MR) is 90.0 cm³/mol. The van der Waals surface area contributed by atoms with Crippen molar-refractivity contribution in [1.82, 2.24) is 0 Å². The number of hydrogen-bond acceptors (Lipinski definition) is 6. The SMILES string of the molecule is CCOC(=O)CCCCCCOc1cc(C(=O)O)ccc1C(=O)OC. The molecule has 0 saturated heterocycles. The lowest BCUT2D eigenvalue weighted by atomic mass is 10.1. The molecule has 0 aliphatic carbocycles. The van der Waals surface area contributed by atoms with Gasteiger partial charge in [-0.05, 0) is 38.0 Å². The number of carbonyl (C=O) groups excluding carboxylic acids is 2. The molecule has 25 heavy (non-hydrogen) atoms. The highest BCUT2D eigenvalue weighted by molar-refractivity contribution is 5.95. The second kappa shape index (κ2) is 11.1. The smallest absolute Gasteiger partial charge is 0.341 e. The Bertz CT molecular complexity index is 595. The van der Waals surface area contributed by atoms with Crippen molar-refractivity contribution >= 4 is 17.9 Å². The van der Waals surface area contributed by atoms with E-state index in [9.17, 15) is 14.4 Å². The van der Waals surface area contributed by atoms with E-state index in [0.717, 1.165) is 25.7 Å². The van der Waals surface area contributed by atoms with Crippen LogP contribution in [0.4, 0.5) is 0 Å². The number of aromatic carboxylic acids is 1. The van der Waals surface area contributed by atoms with E-state index in [2.05, 4.69) is 4.74 Å². The molecule has 0 radical (unpaired) electrons. The maximum Gasteiger partial charge on any atom is 0.341 e. The van der Waals surface area contributed by atoms with E-state index in [0.29, 0.717) is 19.6 Å². The molecule has 0 saturated carbocycles. The summed E-state index contributed by atoms with van der Waals surface area (Å²) < 4.78 is 15.1. The first kappa shape index (κ1) is 20.5. The number of benzene rings is 1. The van der Waals surface area contributed by atoms with Crippen molar-refractivity contribution in [2.75, 3.05) is 20.3 Å². The molecule has 7 heteroatoms. The molecule has 0 fully saturated rings. The van der Waals surface area contributed by atoms with E-state index >= 15 is 0 Å². The Balaban J connectivity index is 2.45. The number of ether oxygens (including phenoxy) is 3. The molecule has 0 unspecified atom stereocenters. The summed E-state index contributed by atoms with van der Waals surface area (Å²) in [4.78, 5) is 34.0. The Morgan fingerprint density at radius 1 is 1.08 bits per heavy atom. The third-order valence-corrected chi connectivity index (χ3v) is 3.47. The molecule has 0 amide bonds. The summed E-state index contributed by atoms with van der Waals surface area (Å²) in [5.74, 6) is -1.67. The third kappa shape index (κ3) is 7.24. The van der Waals surface area contributed by atoms with Crippen LogP contribution in [0.2, 0.25) is 0 Å². The summed E-state index contributed by atoms with van der Waals surface area (Å²) in [6.07, 6.45) is 3.59. The molecular formula is C18H24O7. The topological polar surface area (TPSA) is 99.1 Å². The number of carboxylic acids is 1. The predicted octanol–water partition coefficient (Wildman–Crippen LogP) is 3.06. The van der Waals surface area contributed by atoms with Gasteiger partial charge in [-0.1, -0.05) is 12.8 Å². The number of hydrogen-bond donors (Lipinski definition) is 1. The zero-order valence-corrected chi connectivity index (χ0v) is 14.6. The number of carbonyl (C=O) groups is 3. The van der Waals surface area contributed by atoms with Crippen LogP contribution in [0.1, 0.15) is 59.7 Å². The van der Waals surface area contributed by atoms with Crippen LogP contribution in [-0.2, 0) is 14.3 Å². The van der Waals surface area contributed by atoms with Gasteiger partial charge >= 0.3 is 17.9 Å². The Kier molecular flexibility index (Phi) is 9.06. The molecule has 138 valence electrons. The molecule has 1 aromatic carbocycles. The van der Waals surface area contributed by atoms with Crippen LogP contribution in [0.3, 0.4) is 0 Å². The maximum absolute atomic E-state index is 11.7. The van der Waals surface area contributed by atoms with Gasteiger partial charge in [-0.2, -0.15) is 0 Å². The summed E-state index contributed by atoms with van der Waals surface area (Å²) in [6, 6.07) is 4.02. The van der Waals surface area contributed by atoms with Crippen LogP contribution in [0.25, 0.3) is 0 Å². The van der Waals surface area contributed by atoms with E-state index in [-0.39, 0.29) is 22.8 Å². The monoisotopic (exact) mass is 352 g/mol. The molecule has 1 rings (SSSR count). The van der Waals surface area contributed by atoms with Crippen LogP contribution < -0.4 is 4.74 Å². The summed E-state index contributed by atoms with van der Waals surface area (Å²) in [6.45, 7) is 2.51. The molecular weight excluding hydrogens is 328 g/mol. The molecule has 0 atom stereocenters. The highest BCUT2D eigenvalue weighted by atomic mass is 16.5. The van der Waals surface area contributed by atoms with Crippen LogP contribution >= 0.6 is 0 Å². The van der Waals surface area contributed by atoms with E-state index in [1.165, 1.54) is 25.3 Å². The van der Waals surface area contributed by atoms with Crippen molar-refractivity contribution in [3.63, 3.8) is 0 Å². The van der Waals surface area contributed by atoms with Crippen molar-refractivity contribution in [3.05, 3.63) is 29.3 Å². The van der Waals surface area contributed by atoms with Crippen molar-refractivity contribution < 1.29 is 33.7 Å². The number of carboxylic acid groups (broad SMARTS) is 1. The number of unbranched alkanes of at least 4 members (excludes halogenated alkanes) is 3.